The summed E-state index contributed by atoms with van der Waals surface area (Å²) < 4.78 is 0. The van der Waals surface area contributed by atoms with Crippen LogP contribution in [-0.4, -0.2) is 37.4 Å². The summed E-state index contributed by atoms with van der Waals surface area (Å²) in [5, 5.41) is 0. The van der Waals surface area contributed by atoms with Gasteiger partial charge >= 0.3 is 0 Å². The van der Waals surface area contributed by atoms with Crippen molar-refractivity contribution >= 4 is 5.84 Å². The van der Waals surface area contributed by atoms with Crippen LogP contribution in [0.3, 0.4) is 0 Å². The molecule has 13 heavy (non-hydrogen) atoms. The average Bonchev–Trinajstić information content (AvgIpc) is 2.14. The molecule has 0 aromatic rings. The Kier molecular flexibility index (Phi) is 4.22. The molecule has 0 aromatic heterocycles. The number of rotatable bonds is 3. The third-order valence-corrected chi connectivity index (χ3v) is 2.64. The van der Waals surface area contributed by atoms with Crippen molar-refractivity contribution in [2.75, 3.05) is 26.7 Å². The summed E-state index contributed by atoms with van der Waals surface area (Å²) in [7, 11) is 2.18. The SMILES string of the molecule is CCC(N)=NCC1CCCN(C)C1. The van der Waals surface area contributed by atoms with E-state index in [-0.39, 0.29) is 0 Å². The van der Waals surface area contributed by atoms with E-state index in [2.05, 4.69) is 16.9 Å². The standard InChI is InChI=1S/C10H21N3/c1-3-10(11)12-7-9-5-4-6-13(2)8-9/h9H,3-8H2,1-2H3,(H2,11,12). The molecule has 1 heterocycles. The van der Waals surface area contributed by atoms with E-state index in [0.29, 0.717) is 0 Å². The van der Waals surface area contributed by atoms with E-state index in [9.17, 15) is 0 Å². The Bertz CT molecular complexity index is 177. The maximum atomic E-state index is 5.66. The fourth-order valence-electron chi connectivity index (χ4n) is 1.78. The van der Waals surface area contributed by atoms with Gasteiger partial charge in [-0.05, 0) is 32.4 Å². The van der Waals surface area contributed by atoms with Crippen molar-refractivity contribution < 1.29 is 0 Å². The Morgan fingerprint density at radius 3 is 3.00 bits per heavy atom. The number of nitrogens with zero attached hydrogens (tertiary/aromatic N) is 2. The van der Waals surface area contributed by atoms with Crippen LogP contribution < -0.4 is 5.73 Å². The van der Waals surface area contributed by atoms with Crippen molar-refractivity contribution in [2.24, 2.45) is 16.6 Å². The lowest BCUT2D eigenvalue weighted by Crippen LogP contribution is -2.33. The number of hydrogen-bond acceptors (Lipinski definition) is 2. The monoisotopic (exact) mass is 183 g/mol. The Morgan fingerprint density at radius 1 is 1.62 bits per heavy atom. The minimum Gasteiger partial charge on any atom is -0.387 e. The highest BCUT2D eigenvalue weighted by Crippen LogP contribution is 2.14. The Morgan fingerprint density at radius 2 is 2.38 bits per heavy atom. The van der Waals surface area contributed by atoms with Crippen LogP contribution in [0, 0.1) is 5.92 Å². The van der Waals surface area contributed by atoms with Crippen LogP contribution in [0.4, 0.5) is 0 Å². The second-order valence-corrected chi connectivity index (χ2v) is 3.96. The maximum Gasteiger partial charge on any atom is 0.0934 e. The normalized spacial score (nSPS) is 26.3. The molecule has 1 rings (SSSR count). The lowest BCUT2D eigenvalue weighted by atomic mass is 9.99. The molecule has 2 N–H and O–H groups in total. The van der Waals surface area contributed by atoms with Crippen LogP contribution in [0.1, 0.15) is 26.2 Å². The first-order valence-corrected chi connectivity index (χ1v) is 5.19. The summed E-state index contributed by atoms with van der Waals surface area (Å²) in [5.74, 6) is 1.53. The molecule has 1 aliphatic rings. The van der Waals surface area contributed by atoms with E-state index >= 15 is 0 Å². The van der Waals surface area contributed by atoms with Gasteiger partial charge in [-0.25, -0.2) is 0 Å². The van der Waals surface area contributed by atoms with Crippen molar-refractivity contribution in [1.82, 2.24) is 4.90 Å². The lowest BCUT2D eigenvalue weighted by Gasteiger charge is -2.28. The van der Waals surface area contributed by atoms with E-state index in [1.54, 1.807) is 0 Å². The second kappa shape index (κ2) is 5.22. The zero-order valence-electron chi connectivity index (χ0n) is 8.79. The number of nitrogens with two attached hydrogens (primary N) is 1. The van der Waals surface area contributed by atoms with Crippen molar-refractivity contribution in [1.29, 1.82) is 0 Å². The predicted molar refractivity (Wildman–Crippen MR) is 57.0 cm³/mol. The smallest absolute Gasteiger partial charge is 0.0934 e. The Hall–Kier alpha value is -0.570. The summed E-state index contributed by atoms with van der Waals surface area (Å²) in [6.45, 7) is 5.39. The quantitative estimate of drug-likeness (QED) is 0.526. The van der Waals surface area contributed by atoms with Gasteiger partial charge in [0.15, 0.2) is 0 Å². The highest BCUT2D eigenvalue weighted by Gasteiger charge is 2.16. The molecular formula is C10H21N3. The van der Waals surface area contributed by atoms with Gasteiger partial charge in [0.05, 0.1) is 5.84 Å². The van der Waals surface area contributed by atoms with Gasteiger partial charge in [0, 0.05) is 19.5 Å². The van der Waals surface area contributed by atoms with Crippen LogP contribution in [0.25, 0.3) is 0 Å². The minimum absolute atomic E-state index is 0.726. The van der Waals surface area contributed by atoms with Crippen LogP contribution in [-0.2, 0) is 0 Å². The van der Waals surface area contributed by atoms with E-state index in [0.717, 1.165) is 24.7 Å². The van der Waals surface area contributed by atoms with Crippen LogP contribution in [0.5, 0.6) is 0 Å². The molecule has 1 aliphatic heterocycles. The molecule has 0 aromatic carbocycles. The molecular weight excluding hydrogens is 162 g/mol. The molecule has 3 nitrogen and oxygen atoms in total. The molecule has 0 amide bonds. The molecule has 0 bridgehead atoms. The van der Waals surface area contributed by atoms with E-state index in [1.165, 1.54) is 25.9 Å². The van der Waals surface area contributed by atoms with Gasteiger partial charge in [-0.15, -0.1) is 0 Å². The molecule has 1 atom stereocenters. The van der Waals surface area contributed by atoms with Crippen molar-refractivity contribution in [3.05, 3.63) is 0 Å². The molecule has 0 saturated carbocycles. The minimum atomic E-state index is 0.726. The van der Waals surface area contributed by atoms with Gasteiger partial charge in [0.1, 0.15) is 0 Å². The molecule has 1 saturated heterocycles. The van der Waals surface area contributed by atoms with Gasteiger partial charge in [-0.3, -0.25) is 4.99 Å². The van der Waals surface area contributed by atoms with Crippen LogP contribution >= 0.6 is 0 Å². The molecule has 0 radical (unpaired) electrons. The molecule has 76 valence electrons. The summed E-state index contributed by atoms with van der Waals surface area (Å²) in [5.41, 5.74) is 5.66. The molecule has 1 fully saturated rings. The Balaban J connectivity index is 2.28. The number of piperidine rings is 1. The van der Waals surface area contributed by atoms with E-state index in [1.807, 2.05) is 6.92 Å². The first-order valence-electron chi connectivity index (χ1n) is 5.19. The van der Waals surface area contributed by atoms with Gasteiger partial charge < -0.3 is 10.6 Å². The molecule has 0 spiro atoms. The first kappa shape index (κ1) is 10.5. The number of hydrogen-bond donors (Lipinski definition) is 1. The van der Waals surface area contributed by atoms with Crippen LogP contribution in [0.2, 0.25) is 0 Å². The fourth-order valence-corrected chi connectivity index (χ4v) is 1.78. The van der Waals surface area contributed by atoms with Crippen LogP contribution in [0.15, 0.2) is 4.99 Å². The van der Waals surface area contributed by atoms with Crippen molar-refractivity contribution in [2.45, 2.75) is 26.2 Å². The number of aliphatic imine (C=N–C) groups is 1. The highest BCUT2D eigenvalue weighted by molar-refractivity contribution is 5.79. The maximum absolute atomic E-state index is 5.66. The zero-order chi connectivity index (χ0) is 9.68. The number of amidine groups is 1. The first-order chi connectivity index (χ1) is 6.22. The summed E-state index contributed by atoms with van der Waals surface area (Å²) in [6.07, 6.45) is 3.50. The molecule has 3 heteroatoms. The van der Waals surface area contributed by atoms with Gasteiger partial charge in [-0.2, -0.15) is 0 Å². The second-order valence-electron chi connectivity index (χ2n) is 3.96. The van der Waals surface area contributed by atoms with Gasteiger partial charge in [0.25, 0.3) is 0 Å². The summed E-state index contributed by atoms with van der Waals surface area (Å²) >= 11 is 0. The molecule has 1 unspecified atom stereocenters. The zero-order valence-corrected chi connectivity index (χ0v) is 8.79. The van der Waals surface area contributed by atoms with Crippen molar-refractivity contribution in [3.8, 4) is 0 Å². The van der Waals surface area contributed by atoms with E-state index in [4.69, 9.17) is 5.73 Å². The van der Waals surface area contributed by atoms with Crippen molar-refractivity contribution in [3.63, 3.8) is 0 Å². The fraction of sp³-hybridized carbons (Fsp3) is 0.900. The number of likely N-dealkylation sites (tertiary alicyclic amines) is 1. The third-order valence-electron chi connectivity index (χ3n) is 2.64. The Labute approximate surface area is 81.0 Å². The van der Waals surface area contributed by atoms with Gasteiger partial charge in [-0.1, -0.05) is 6.92 Å². The van der Waals surface area contributed by atoms with Gasteiger partial charge in [0.2, 0.25) is 0 Å². The summed E-state index contributed by atoms with van der Waals surface area (Å²) in [4.78, 5) is 6.75. The highest BCUT2D eigenvalue weighted by atomic mass is 15.1. The van der Waals surface area contributed by atoms with E-state index < -0.39 is 0 Å². The third kappa shape index (κ3) is 3.77. The summed E-state index contributed by atoms with van der Waals surface area (Å²) in [6, 6.07) is 0. The molecule has 0 aliphatic carbocycles. The topological polar surface area (TPSA) is 41.6 Å². The lowest BCUT2D eigenvalue weighted by molar-refractivity contribution is 0.214. The average molecular weight is 183 g/mol. The largest absolute Gasteiger partial charge is 0.387 e. The predicted octanol–water partition coefficient (Wildman–Crippen LogP) is 1.10.